The molecule has 1 unspecified atom stereocenters. The normalized spacial score (nSPS) is 12.6. The van der Waals surface area contributed by atoms with Gasteiger partial charge in [0, 0.05) is 62.0 Å². The molecule has 49 heavy (non-hydrogen) atoms. The first-order chi connectivity index (χ1) is 23.1. The van der Waals surface area contributed by atoms with E-state index in [1.807, 2.05) is 109 Å². The zero-order chi connectivity index (χ0) is 35.6. The number of carbonyl (C=O) groups excluding carboxylic acids is 2. The number of carbonyl (C=O) groups is 2. The van der Waals surface area contributed by atoms with Crippen molar-refractivity contribution < 1.29 is 14.7 Å². The van der Waals surface area contributed by atoms with Crippen LogP contribution in [0.4, 0.5) is 11.6 Å². The molecule has 0 bridgehead atoms. The van der Waals surface area contributed by atoms with E-state index < -0.39 is 16.9 Å². The third-order valence-corrected chi connectivity index (χ3v) is 7.61. The van der Waals surface area contributed by atoms with E-state index in [0.29, 0.717) is 50.9 Å². The summed E-state index contributed by atoms with van der Waals surface area (Å²) in [5.74, 6) is 0.683. The quantitative estimate of drug-likeness (QED) is 0.157. The van der Waals surface area contributed by atoms with Crippen molar-refractivity contribution in [3.05, 3.63) is 107 Å². The predicted octanol–water partition coefficient (Wildman–Crippen LogP) is 5.61. The summed E-state index contributed by atoms with van der Waals surface area (Å²) in [5.41, 5.74) is 3.07. The highest BCUT2D eigenvalue weighted by Crippen LogP contribution is 2.19. The Morgan fingerprint density at radius 3 is 1.49 bits per heavy atom. The Balaban J connectivity index is 1.56. The highest BCUT2D eigenvalue weighted by molar-refractivity contribution is 5.94. The molecular formula is C38H50N8O3. The topological polar surface area (TPSA) is 136 Å². The van der Waals surface area contributed by atoms with Crippen molar-refractivity contribution in [1.82, 2.24) is 29.7 Å². The Hall–Kier alpha value is -4.58. The van der Waals surface area contributed by atoms with Crippen LogP contribution in [0.25, 0.3) is 0 Å². The van der Waals surface area contributed by atoms with Crippen molar-refractivity contribution >= 4 is 23.5 Å². The second-order valence-electron chi connectivity index (χ2n) is 14.5. The monoisotopic (exact) mass is 666 g/mol. The van der Waals surface area contributed by atoms with Gasteiger partial charge in [-0.05, 0) is 55.5 Å². The number of amides is 2. The summed E-state index contributed by atoms with van der Waals surface area (Å²) >= 11 is 0. The van der Waals surface area contributed by atoms with Gasteiger partial charge in [-0.25, -0.2) is 9.97 Å². The van der Waals surface area contributed by atoms with Crippen molar-refractivity contribution in [2.45, 2.75) is 80.7 Å². The minimum atomic E-state index is -0.749. The fourth-order valence-electron chi connectivity index (χ4n) is 5.00. The summed E-state index contributed by atoms with van der Waals surface area (Å²) in [6.45, 7) is 15.6. The summed E-state index contributed by atoms with van der Waals surface area (Å²) in [6, 6.07) is 22.8. The van der Waals surface area contributed by atoms with Crippen molar-refractivity contribution in [3.63, 3.8) is 0 Å². The third-order valence-electron chi connectivity index (χ3n) is 7.61. The van der Waals surface area contributed by atoms with E-state index in [0.717, 1.165) is 28.5 Å². The first-order valence-corrected chi connectivity index (χ1v) is 16.6. The van der Waals surface area contributed by atoms with Crippen molar-refractivity contribution in [3.8, 4) is 0 Å². The summed E-state index contributed by atoms with van der Waals surface area (Å²) in [6.07, 6.45) is 1.02. The van der Waals surface area contributed by atoms with E-state index in [4.69, 9.17) is 15.0 Å². The van der Waals surface area contributed by atoms with Crippen LogP contribution in [0.2, 0.25) is 0 Å². The summed E-state index contributed by atoms with van der Waals surface area (Å²) < 4.78 is 0. The molecule has 0 aromatic carbocycles. The standard InChI is InChI=1S/C38H50N8O3/c1-27-13-10-15-29(40-27)22-45(21-28-14-8-9-20-39-28)25-32(47)26-46(23-30-16-11-18-33(41-30)43-35(48)37(2,3)4)24-31-17-12-19-34(42-31)44-36(49)38(5,6)7/h8-20,32,47H,21-26H2,1-7H3,(H,41,43,48)(H,42,44,49). The molecule has 11 nitrogen and oxygen atoms in total. The lowest BCUT2D eigenvalue weighted by atomic mass is 9.96. The van der Waals surface area contributed by atoms with E-state index in [1.54, 1.807) is 18.3 Å². The molecule has 0 fully saturated rings. The summed E-state index contributed by atoms with van der Waals surface area (Å²) in [5, 5.41) is 17.4. The molecule has 0 aliphatic heterocycles. The van der Waals surface area contributed by atoms with Crippen LogP contribution in [-0.4, -0.2) is 65.9 Å². The molecule has 4 aromatic rings. The Bertz CT molecular complexity index is 1610. The molecule has 4 rings (SSSR count). The first-order valence-electron chi connectivity index (χ1n) is 16.6. The van der Waals surface area contributed by atoms with Crippen molar-refractivity contribution in [2.75, 3.05) is 23.7 Å². The van der Waals surface area contributed by atoms with Gasteiger partial charge in [0.25, 0.3) is 0 Å². The maximum Gasteiger partial charge on any atom is 0.230 e. The maximum atomic E-state index is 12.7. The van der Waals surface area contributed by atoms with E-state index >= 15 is 0 Å². The van der Waals surface area contributed by atoms with E-state index in [9.17, 15) is 14.7 Å². The van der Waals surface area contributed by atoms with Crippen LogP contribution < -0.4 is 10.6 Å². The SMILES string of the molecule is Cc1cccc(CN(Cc2ccccn2)CC(O)CN(Cc2cccc(NC(=O)C(C)(C)C)n2)Cc2cccc(NC(=O)C(C)(C)C)n2)n1. The zero-order valence-corrected chi connectivity index (χ0v) is 29.8. The van der Waals surface area contributed by atoms with Gasteiger partial charge in [-0.2, -0.15) is 0 Å². The van der Waals surface area contributed by atoms with Crippen molar-refractivity contribution in [2.24, 2.45) is 10.8 Å². The average Bonchev–Trinajstić information content (AvgIpc) is 3.01. The van der Waals surface area contributed by atoms with Crippen LogP contribution in [0.3, 0.4) is 0 Å². The zero-order valence-electron chi connectivity index (χ0n) is 29.8. The van der Waals surface area contributed by atoms with Gasteiger partial charge in [0.15, 0.2) is 0 Å². The molecule has 4 heterocycles. The number of rotatable bonds is 14. The maximum absolute atomic E-state index is 12.7. The second kappa shape index (κ2) is 16.7. The molecule has 0 saturated carbocycles. The first kappa shape index (κ1) is 37.2. The van der Waals surface area contributed by atoms with Crippen LogP contribution in [0.5, 0.6) is 0 Å². The van der Waals surface area contributed by atoms with Crippen LogP contribution in [0.15, 0.2) is 79.0 Å². The molecule has 0 spiro atoms. The Kier molecular flexibility index (Phi) is 12.7. The van der Waals surface area contributed by atoms with Gasteiger partial charge in [-0.3, -0.25) is 29.4 Å². The lowest BCUT2D eigenvalue weighted by molar-refractivity contribution is -0.123. The number of aryl methyl sites for hydroxylation is 1. The number of hydrogen-bond donors (Lipinski definition) is 3. The van der Waals surface area contributed by atoms with E-state index in [-0.39, 0.29) is 11.8 Å². The van der Waals surface area contributed by atoms with Crippen LogP contribution >= 0.6 is 0 Å². The fraction of sp³-hybridized carbons (Fsp3) is 0.421. The van der Waals surface area contributed by atoms with Gasteiger partial charge < -0.3 is 15.7 Å². The number of nitrogens with zero attached hydrogens (tertiary/aromatic N) is 6. The van der Waals surface area contributed by atoms with Crippen LogP contribution in [0, 0.1) is 17.8 Å². The Morgan fingerprint density at radius 2 is 1.06 bits per heavy atom. The van der Waals surface area contributed by atoms with Gasteiger partial charge in [0.1, 0.15) is 11.6 Å². The molecule has 260 valence electrons. The molecule has 2 amide bonds. The molecule has 11 heteroatoms. The fourth-order valence-corrected chi connectivity index (χ4v) is 5.00. The van der Waals surface area contributed by atoms with Gasteiger partial charge >= 0.3 is 0 Å². The molecule has 0 aliphatic carbocycles. The molecule has 4 aromatic heterocycles. The molecular weight excluding hydrogens is 616 g/mol. The largest absolute Gasteiger partial charge is 0.390 e. The molecule has 0 radical (unpaired) electrons. The van der Waals surface area contributed by atoms with Gasteiger partial charge in [-0.1, -0.05) is 65.8 Å². The highest BCUT2D eigenvalue weighted by atomic mass is 16.3. The summed E-state index contributed by atoms with van der Waals surface area (Å²) in [4.78, 5) is 48.2. The van der Waals surface area contributed by atoms with Gasteiger partial charge in [-0.15, -0.1) is 0 Å². The molecule has 0 saturated heterocycles. The van der Waals surface area contributed by atoms with Gasteiger partial charge in [0.2, 0.25) is 11.8 Å². The number of aliphatic hydroxyl groups is 1. The number of nitrogens with one attached hydrogen (secondary N) is 2. The minimum Gasteiger partial charge on any atom is -0.390 e. The lowest BCUT2D eigenvalue weighted by Crippen LogP contribution is -2.40. The number of aliphatic hydroxyl groups excluding tert-OH is 1. The highest BCUT2D eigenvalue weighted by Gasteiger charge is 2.24. The van der Waals surface area contributed by atoms with Crippen LogP contribution in [-0.2, 0) is 35.8 Å². The van der Waals surface area contributed by atoms with E-state index in [1.165, 1.54) is 0 Å². The molecule has 3 N–H and O–H groups in total. The molecule has 0 aliphatic rings. The minimum absolute atomic E-state index is 0.126. The number of anilines is 2. The number of aromatic nitrogens is 4. The van der Waals surface area contributed by atoms with Crippen LogP contribution in [0.1, 0.15) is 70.0 Å². The van der Waals surface area contributed by atoms with Gasteiger partial charge in [0.05, 0.1) is 28.9 Å². The Labute approximate surface area is 290 Å². The predicted molar refractivity (Wildman–Crippen MR) is 192 cm³/mol. The Morgan fingerprint density at radius 1 is 0.633 bits per heavy atom. The second-order valence-corrected chi connectivity index (χ2v) is 14.5. The lowest BCUT2D eigenvalue weighted by Gasteiger charge is -2.29. The molecule has 1 atom stereocenters. The van der Waals surface area contributed by atoms with Crippen molar-refractivity contribution in [1.29, 1.82) is 0 Å². The summed E-state index contributed by atoms with van der Waals surface area (Å²) in [7, 11) is 0. The number of pyridine rings is 4. The smallest absolute Gasteiger partial charge is 0.230 e. The average molecular weight is 667 g/mol. The van der Waals surface area contributed by atoms with E-state index in [2.05, 4.69) is 25.4 Å². The number of hydrogen-bond acceptors (Lipinski definition) is 9. The third kappa shape index (κ3) is 12.4.